The molecule has 0 aromatic heterocycles. The lowest BCUT2D eigenvalue weighted by molar-refractivity contribution is -0.150. The number of carbonyl (C=O) groups is 3. The van der Waals surface area contributed by atoms with Gasteiger partial charge in [0.15, 0.2) is 0 Å². The number of aliphatic carboxylic acids is 1. The van der Waals surface area contributed by atoms with Crippen LogP contribution in [0.15, 0.2) is 18.2 Å². The average Bonchev–Trinajstić information content (AvgIpc) is 2.35. The van der Waals surface area contributed by atoms with Crippen molar-refractivity contribution >= 4 is 23.5 Å². The maximum Gasteiger partial charge on any atom is 0.315 e. The molecule has 0 bridgehead atoms. The van der Waals surface area contributed by atoms with Crippen molar-refractivity contribution in [1.82, 2.24) is 4.90 Å². The Labute approximate surface area is 119 Å². The number of benzene rings is 1. The zero-order valence-corrected chi connectivity index (χ0v) is 11.4. The van der Waals surface area contributed by atoms with Crippen LogP contribution >= 0.6 is 0 Å². The zero-order valence-electron chi connectivity index (χ0n) is 11.4. The standard InChI is InChI=1S/C13H14F2N2O4/c1-7(13(20)21)12(19)17(2)6-11(18)16-10-4-8(14)3-9(15)5-10/h3-5,7H,6H2,1-2H3,(H,16,18)(H,20,21). The highest BCUT2D eigenvalue weighted by atomic mass is 19.1. The molecule has 1 unspecified atom stereocenters. The fourth-order valence-corrected chi connectivity index (χ4v) is 1.56. The molecule has 0 saturated carbocycles. The summed E-state index contributed by atoms with van der Waals surface area (Å²) >= 11 is 0. The molecule has 0 saturated heterocycles. The number of anilines is 1. The van der Waals surface area contributed by atoms with Gasteiger partial charge in [0.25, 0.3) is 0 Å². The zero-order chi connectivity index (χ0) is 16.2. The summed E-state index contributed by atoms with van der Waals surface area (Å²) in [6, 6.07) is 2.49. The summed E-state index contributed by atoms with van der Waals surface area (Å²) < 4.78 is 25.9. The number of carboxylic acid groups (broad SMARTS) is 1. The fourth-order valence-electron chi connectivity index (χ4n) is 1.56. The first kappa shape index (κ1) is 16.5. The Bertz CT molecular complexity index is 557. The fraction of sp³-hybridized carbons (Fsp3) is 0.308. The molecule has 0 aliphatic heterocycles. The van der Waals surface area contributed by atoms with Crippen LogP contribution in [0.5, 0.6) is 0 Å². The number of likely N-dealkylation sites (N-methyl/N-ethyl adjacent to an activating group) is 1. The van der Waals surface area contributed by atoms with Gasteiger partial charge in [-0.3, -0.25) is 14.4 Å². The van der Waals surface area contributed by atoms with E-state index >= 15 is 0 Å². The second-order valence-corrected chi connectivity index (χ2v) is 4.46. The molecule has 0 heterocycles. The number of halogens is 2. The largest absolute Gasteiger partial charge is 0.481 e. The number of hydrogen-bond acceptors (Lipinski definition) is 3. The number of carbonyl (C=O) groups excluding carboxylic acids is 2. The van der Waals surface area contributed by atoms with Gasteiger partial charge in [-0.25, -0.2) is 8.78 Å². The molecule has 0 aliphatic rings. The van der Waals surface area contributed by atoms with Gasteiger partial charge in [-0.05, 0) is 19.1 Å². The van der Waals surface area contributed by atoms with Crippen LogP contribution in [0.1, 0.15) is 6.92 Å². The van der Waals surface area contributed by atoms with Crippen LogP contribution in [0.2, 0.25) is 0 Å². The highest BCUT2D eigenvalue weighted by Crippen LogP contribution is 2.12. The molecule has 1 aromatic rings. The highest BCUT2D eigenvalue weighted by molar-refractivity contribution is 5.99. The summed E-state index contributed by atoms with van der Waals surface area (Å²) in [5.41, 5.74) is -0.0929. The monoisotopic (exact) mass is 300 g/mol. The second kappa shape index (κ2) is 6.78. The summed E-state index contributed by atoms with van der Waals surface area (Å²) in [4.78, 5) is 34.9. The number of hydrogen-bond donors (Lipinski definition) is 2. The molecular formula is C13H14F2N2O4. The summed E-state index contributed by atoms with van der Waals surface area (Å²) in [5.74, 6) is -5.74. The van der Waals surface area contributed by atoms with Gasteiger partial charge in [0.05, 0.1) is 6.54 Å². The summed E-state index contributed by atoms with van der Waals surface area (Å²) in [5, 5.41) is 10.9. The van der Waals surface area contributed by atoms with E-state index in [1.54, 1.807) is 0 Å². The molecule has 0 spiro atoms. The quantitative estimate of drug-likeness (QED) is 0.797. The van der Waals surface area contributed by atoms with Gasteiger partial charge in [-0.2, -0.15) is 0 Å². The maximum absolute atomic E-state index is 12.9. The molecule has 1 aromatic carbocycles. The predicted molar refractivity (Wildman–Crippen MR) is 69.4 cm³/mol. The van der Waals surface area contributed by atoms with E-state index in [9.17, 15) is 23.2 Å². The van der Waals surface area contributed by atoms with Gasteiger partial charge in [-0.1, -0.05) is 0 Å². The van der Waals surface area contributed by atoms with Gasteiger partial charge in [-0.15, -0.1) is 0 Å². The van der Waals surface area contributed by atoms with Gasteiger partial charge in [0.1, 0.15) is 17.6 Å². The van der Waals surface area contributed by atoms with Gasteiger partial charge in [0, 0.05) is 18.8 Å². The van der Waals surface area contributed by atoms with Crippen molar-refractivity contribution in [3.63, 3.8) is 0 Å². The minimum absolute atomic E-state index is 0.0929. The molecule has 0 fully saturated rings. The van der Waals surface area contributed by atoms with Crippen molar-refractivity contribution in [3.05, 3.63) is 29.8 Å². The van der Waals surface area contributed by atoms with Crippen LogP contribution in [0, 0.1) is 17.6 Å². The van der Waals surface area contributed by atoms with Crippen molar-refractivity contribution in [2.24, 2.45) is 5.92 Å². The maximum atomic E-state index is 12.9. The Morgan fingerprint density at radius 3 is 2.24 bits per heavy atom. The van der Waals surface area contributed by atoms with Crippen LogP contribution in [-0.2, 0) is 14.4 Å². The Morgan fingerprint density at radius 1 is 1.24 bits per heavy atom. The van der Waals surface area contributed by atoms with E-state index in [4.69, 9.17) is 5.11 Å². The lowest BCUT2D eigenvalue weighted by atomic mass is 10.1. The van der Waals surface area contributed by atoms with E-state index in [-0.39, 0.29) is 5.69 Å². The van der Waals surface area contributed by atoms with Crippen LogP contribution in [0.4, 0.5) is 14.5 Å². The number of carboxylic acids is 1. The molecule has 8 heteroatoms. The third-order valence-corrected chi connectivity index (χ3v) is 2.64. The minimum Gasteiger partial charge on any atom is -0.481 e. The summed E-state index contributed by atoms with van der Waals surface area (Å²) in [6.45, 7) is 0.760. The number of nitrogens with zero attached hydrogens (tertiary/aromatic N) is 1. The highest BCUT2D eigenvalue weighted by Gasteiger charge is 2.25. The molecule has 1 rings (SSSR count). The average molecular weight is 300 g/mol. The number of amides is 2. The van der Waals surface area contributed by atoms with Gasteiger partial charge in [0.2, 0.25) is 11.8 Å². The van der Waals surface area contributed by atoms with Crippen LogP contribution in [-0.4, -0.2) is 41.4 Å². The Morgan fingerprint density at radius 2 is 1.76 bits per heavy atom. The SMILES string of the molecule is CC(C(=O)O)C(=O)N(C)CC(=O)Nc1cc(F)cc(F)c1. The van der Waals surface area contributed by atoms with Gasteiger partial charge >= 0.3 is 5.97 Å². The Hall–Kier alpha value is -2.51. The predicted octanol–water partition coefficient (Wildman–Crippen LogP) is 1.08. The third kappa shape index (κ3) is 4.83. The lowest BCUT2D eigenvalue weighted by Crippen LogP contribution is -2.40. The van der Waals surface area contributed by atoms with Crippen molar-refractivity contribution in [2.75, 3.05) is 18.9 Å². The normalized spacial score (nSPS) is 11.6. The first-order valence-electron chi connectivity index (χ1n) is 5.94. The smallest absolute Gasteiger partial charge is 0.315 e. The third-order valence-electron chi connectivity index (χ3n) is 2.64. The minimum atomic E-state index is -1.31. The molecule has 0 aliphatic carbocycles. The van der Waals surface area contributed by atoms with E-state index in [1.165, 1.54) is 14.0 Å². The summed E-state index contributed by atoms with van der Waals surface area (Å²) in [6.07, 6.45) is 0. The first-order valence-corrected chi connectivity index (χ1v) is 5.94. The molecule has 0 radical (unpaired) electrons. The molecule has 114 valence electrons. The molecule has 2 N–H and O–H groups in total. The number of nitrogens with one attached hydrogen (secondary N) is 1. The van der Waals surface area contributed by atoms with Crippen molar-refractivity contribution < 1.29 is 28.3 Å². The number of rotatable bonds is 5. The molecular weight excluding hydrogens is 286 g/mol. The van der Waals surface area contributed by atoms with Crippen molar-refractivity contribution in [2.45, 2.75) is 6.92 Å². The van der Waals surface area contributed by atoms with E-state index in [2.05, 4.69) is 5.32 Å². The van der Waals surface area contributed by atoms with E-state index < -0.39 is 41.9 Å². The summed E-state index contributed by atoms with van der Waals surface area (Å²) in [7, 11) is 1.26. The van der Waals surface area contributed by atoms with Gasteiger partial charge < -0.3 is 15.3 Å². The van der Waals surface area contributed by atoms with E-state index in [0.717, 1.165) is 17.0 Å². The van der Waals surface area contributed by atoms with Crippen LogP contribution in [0.3, 0.4) is 0 Å². The molecule has 6 nitrogen and oxygen atoms in total. The van der Waals surface area contributed by atoms with E-state index in [1.807, 2.05) is 0 Å². The molecule has 21 heavy (non-hydrogen) atoms. The van der Waals surface area contributed by atoms with Crippen molar-refractivity contribution in [3.8, 4) is 0 Å². The first-order chi connectivity index (χ1) is 9.70. The Kier molecular flexibility index (Phi) is 5.34. The van der Waals surface area contributed by atoms with E-state index in [0.29, 0.717) is 6.07 Å². The Balaban J connectivity index is 2.65. The second-order valence-electron chi connectivity index (χ2n) is 4.46. The van der Waals surface area contributed by atoms with Crippen LogP contribution in [0.25, 0.3) is 0 Å². The van der Waals surface area contributed by atoms with Crippen LogP contribution < -0.4 is 5.32 Å². The molecule has 1 atom stereocenters. The molecule has 2 amide bonds. The lowest BCUT2D eigenvalue weighted by Gasteiger charge is -2.18. The topological polar surface area (TPSA) is 86.7 Å². The van der Waals surface area contributed by atoms with Crippen molar-refractivity contribution in [1.29, 1.82) is 0 Å².